The van der Waals surface area contributed by atoms with Crippen molar-refractivity contribution < 1.29 is 48.0 Å². The number of rotatable bonds is 20. The third-order valence-corrected chi connectivity index (χ3v) is 14.0. The van der Waals surface area contributed by atoms with Gasteiger partial charge in [0, 0.05) is 41.7 Å². The van der Waals surface area contributed by atoms with E-state index in [1.807, 2.05) is 71.3 Å². The minimum atomic E-state index is -0.987. The van der Waals surface area contributed by atoms with Gasteiger partial charge in [0.1, 0.15) is 53.2 Å². The summed E-state index contributed by atoms with van der Waals surface area (Å²) in [5.41, 5.74) is 4.15. The molecular formula is C52H58FN5O9S2. The normalized spacial score (nSPS) is 15.8. The van der Waals surface area contributed by atoms with Crippen LogP contribution in [-0.4, -0.2) is 113 Å². The molecule has 0 spiro atoms. The molecular weight excluding hydrogens is 922 g/mol. The van der Waals surface area contributed by atoms with Crippen LogP contribution in [0.4, 0.5) is 4.39 Å². The first-order chi connectivity index (χ1) is 33.0. The topological polar surface area (TPSA) is 180 Å². The average molecular weight is 980 g/mol. The summed E-state index contributed by atoms with van der Waals surface area (Å²) in [7, 11) is 0. The number of thiazole rings is 1. The van der Waals surface area contributed by atoms with Crippen molar-refractivity contribution in [3.63, 3.8) is 0 Å². The maximum atomic E-state index is 14.1. The van der Waals surface area contributed by atoms with Gasteiger partial charge in [0.2, 0.25) is 23.5 Å². The van der Waals surface area contributed by atoms with Crippen molar-refractivity contribution in [2.45, 2.75) is 72.2 Å². The Morgan fingerprint density at radius 2 is 1.68 bits per heavy atom. The average Bonchev–Trinajstić information content (AvgIpc) is 4.04. The van der Waals surface area contributed by atoms with Crippen molar-refractivity contribution in [1.29, 1.82) is 0 Å². The lowest BCUT2D eigenvalue weighted by Gasteiger charge is -2.35. The highest BCUT2D eigenvalue weighted by molar-refractivity contribution is 7.21. The van der Waals surface area contributed by atoms with Gasteiger partial charge in [-0.05, 0) is 91.5 Å². The second kappa shape index (κ2) is 22.5. The van der Waals surface area contributed by atoms with Crippen LogP contribution >= 0.6 is 22.7 Å². The molecule has 14 nitrogen and oxygen atoms in total. The molecule has 4 N–H and O–H groups in total. The van der Waals surface area contributed by atoms with E-state index < -0.39 is 47.0 Å². The minimum absolute atomic E-state index is 0.0334. The number of likely N-dealkylation sites (tertiary alicyclic amines) is 1. The molecule has 1 aliphatic rings. The highest BCUT2D eigenvalue weighted by Crippen LogP contribution is 2.43. The van der Waals surface area contributed by atoms with Crippen LogP contribution in [0.5, 0.6) is 23.0 Å². The molecule has 69 heavy (non-hydrogen) atoms. The number of ether oxygens (including phenoxy) is 3. The first-order valence-corrected chi connectivity index (χ1v) is 24.5. The number of nitrogens with zero attached hydrogens (tertiary/aromatic N) is 3. The second-order valence-electron chi connectivity index (χ2n) is 18.1. The zero-order valence-electron chi connectivity index (χ0n) is 39.5. The quantitative estimate of drug-likeness (QED) is 0.0427. The number of carbonyl (C=O) groups excluding carboxylic acids is 4. The number of amides is 3. The number of β-amino-alcohol motifs (C(OH)–C–C–N with tert-alkyl or cyclic N) is 1. The summed E-state index contributed by atoms with van der Waals surface area (Å²) in [6, 6.07) is 22.8. The fourth-order valence-electron chi connectivity index (χ4n) is 8.09. The van der Waals surface area contributed by atoms with E-state index in [0.717, 1.165) is 33.0 Å². The predicted molar refractivity (Wildman–Crippen MR) is 265 cm³/mol. The van der Waals surface area contributed by atoms with E-state index in [4.69, 9.17) is 14.2 Å². The number of aliphatic hydroxyl groups is 1. The van der Waals surface area contributed by atoms with E-state index in [1.165, 1.54) is 29.2 Å². The number of ketones is 1. The van der Waals surface area contributed by atoms with Gasteiger partial charge in [0.05, 0.1) is 34.8 Å². The minimum Gasteiger partial charge on any atom is -0.508 e. The number of halogens is 1. The van der Waals surface area contributed by atoms with Crippen molar-refractivity contribution in [1.82, 2.24) is 25.4 Å². The van der Waals surface area contributed by atoms with Crippen molar-refractivity contribution in [2.24, 2.45) is 5.41 Å². The maximum Gasteiger partial charge on any atom is 0.246 e. The number of aromatic nitrogens is 1. The number of fused-ring (bicyclic) bond motifs is 1. The van der Waals surface area contributed by atoms with Crippen LogP contribution in [-0.2, 0) is 19.1 Å². The van der Waals surface area contributed by atoms with Crippen LogP contribution in [0.3, 0.4) is 0 Å². The number of thiophene rings is 1. The number of likely N-dealkylation sites (N-methyl/N-ethyl adjacent to an activating group) is 1. The number of nitrogens with one attached hydrogen (secondary N) is 2. The summed E-state index contributed by atoms with van der Waals surface area (Å²) in [5.74, 6) is -0.836. The second-order valence-corrected chi connectivity index (χ2v) is 20.0. The van der Waals surface area contributed by atoms with Crippen LogP contribution in [0.25, 0.3) is 20.5 Å². The van der Waals surface area contributed by atoms with E-state index in [0.29, 0.717) is 53.6 Å². The highest BCUT2D eigenvalue weighted by Gasteiger charge is 2.44. The molecule has 0 aliphatic carbocycles. The molecule has 1 saturated heterocycles. The molecule has 6 aromatic rings. The summed E-state index contributed by atoms with van der Waals surface area (Å²) in [6.07, 6.45) is -0.816. The fourth-order valence-corrected chi connectivity index (χ4v) is 10.0. The van der Waals surface area contributed by atoms with Gasteiger partial charge >= 0.3 is 0 Å². The summed E-state index contributed by atoms with van der Waals surface area (Å²) in [6.45, 7) is 13.4. The monoisotopic (exact) mass is 979 g/mol. The molecule has 0 radical (unpaired) electrons. The van der Waals surface area contributed by atoms with Gasteiger partial charge in [-0.25, -0.2) is 9.37 Å². The number of aliphatic hydroxyl groups excluding tert-OH is 1. The maximum absolute atomic E-state index is 14.1. The van der Waals surface area contributed by atoms with Gasteiger partial charge in [-0.15, -0.1) is 22.7 Å². The summed E-state index contributed by atoms with van der Waals surface area (Å²) in [5, 5.41) is 27.2. The summed E-state index contributed by atoms with van der Waals surface area (Å²) in [4.78, 5) is 63.7. The molecule has 3 heterocycles. The van der Waals surface area contributed by atoms with E-state index in [2.05, 4.69) is 20.5 Å². The van der Waals surface area contributed by atoms with Crippen molar-refractivity contribution >= 4 is 56.3 Å². The Kier molecular flexibility index (Phi) is 16.5. The molecule has 3 unspecified atom stereocenters. The summed E-state index contributed by atoms with van der Waals surface area (Å²) < 4.78 is 32.7. The molecule has 4 atom stereocenters. The Labute approximate surface area is 409 Å². The molecule has 1 fully saturated rings. The SMILES string of the molecule is CCN(CCOCC(=O)N[C@H](C(=O)N1CC(O)CC1C(=O)NC(C)c1ccc(-c2scnc2C)cc1)C(C)(C)C)CCOc1ccc(Oc2c(C(=O)c3cccc(F)c3)sc3cc(O)ccc23)cc1. The van der Waals surface area contributed by atoms with Crippen LogP contribution < -0.4 is 20.1 Å². The third kappa shape index (κ3) is 12.7. The van der Waals surface area contributed by atoms with Crippen molar-refractivity contribution in [2.75, 3.05) is 46.0 Å². The standard InChI is InChI=1S/C52H58FN5O9S2/c1-7-57(22-24-66-39-16-18-40(19-17-39)67-46-41-20-15-37(59)27-43(41)69-48(46)45(62)35-9-8-10-36(53)25-35)21-23-65-29-44(61)56-49(52(4,5)6)51(64)58-28-38(60)26-42(58)50(63)55-31(2)33-11-13-34(14-12-33)47-32(3)54-30-68-47/h8-20,25,27,30-31,38,42,49,59-60H,7,21-24,26,28-29H2,1-6H3,(H,55,63)(H,56,61)/t31?,38?,42?,49-/m1/s1. The zero-order valence-corrected chi connectivity index (χ0v) is 41.1. The zero-order chi connectivity index (χ0) is 49.4. The predicted octanol–water partition coefficient (Wildman–Crippen LogP) is 8.29. The van der Waals surface area contributed by atoms with Gasteiger partial charge in [0.15, 0.2) is 5.75 Å². The van der Waals surface area contributed by atoms with Crippen LogP contribution in [0.2, 0.25) is 0 Å². The molecule has 0 saturated carbocycles. The lowest BCUT2D eigenvalue weighted by Crippen LogP contribution is -2.58. The first kappa shape index (κ1) is 50.6. The molecule has 2 aromatic heterocycles. The van der Waals surface area contributed by atoms with Crippen LogP contribution in [0, 0.1) is 18.2 Å². The Hall–Kier alpha value is -6.24. The van der Waals surface area contributed by atoms with Crippen molar-refractivity contribution in [3.8, 4) is 33.4 Å². The Morgan fingerprint density at radius 1 is 0.957 bits per heavy atom. The number of aromatic hydroxyl groups is 1. The van der Waals surface area contributed by atoms with Gasteiger partial charge in [-0.2, -0.15) is 0 Å². The molecule has 7 rings (SSSR count). The molecule has 364 valence electrons. The number of hydrogen-bond acceptors (Lipinski definition) is 13. The Balaban J connectivity index is 0.863. The number of phenols is 1. The molecule has 1 aliphatic heterocycles. The molecule has 3 amide bonds. The Bertz CT molecular complexity index is 2760. The van der Waals surface area contributed by atoms with E-state index in [9.17, 15) is 33.8 Å². The van der Waals surface area contributed by atoms with Crippen molar-refractivity contribution in [3.05, 3.63) is 124 Å². The van der Waals surface area contributed by atoms with Gasteiger partial charge in [-0.3, -0.25) is 24.1 Å². The summed E-state index contributed by atoms with van der Waals surface area (Å²) >= 11 is 2.72. The molecule has 17 heteroatoms. The molecule has 4 aromatic carbocycles. The first-order valence-electron chi connectivity index (χ1n) is 22.8. The van der Waals surface area contributed by atoms with Crippen LogP contribution in [0.1, 0.15) is 73.6 Å². The number of hydrogen-bond donors (Lipinski definition) is 4. The van der Waals surface area contributed by atoms with Gasteiger partial charge in [-0.1, -0.05) is 64.1 Å². The number of benzene rings is 4. The highest BCUT2D eigenvalue weighted by atomic mass is 32.1. The van der Waals surface area contributed by atoms with Crippen LogP contribution in [0.15, 0.2) is 96.5 Å². The fraction of sp³-hybridized carbons (Fsp3) is 0.365. The smallest absolute Gasteiger partial charge is 0.246 e. The lowest BCUT2D eigenvalue weighted by atomic mass is 9.85. The third-order valence-electron chi connectivity index (χ3n) is 11.9. The number of carbonyl (C=O) groups is 4. The number of phenolic OH excluding ortho intramolecular Hbond substituents is 1. The van der Waals surface area contributed by atoms with E-state index >= 15 is 0 Å². The number of aryl methyl sites for hydroxylation is 1. The van der Waals surface area contributed by atoms with Gasteiger partial charge < -0.3 is 40.0 Å². The van der Waals surface area contributed by atoms with E-state index in [-0.39, 0.29) is 54.3 Å². The largest absolute Gasteiger partial charge is 0.508 e. The van der Waals surface area contributed by atoms with Gasteiger partial charge in [0.25, 0.3) is 0 Å². The Morgan fingerprint density at radius 3 is 2.36 bits per heavy atom. The van der Waals surface area contributed by atoms with E-state index in [1.54, 1.807) is 53.8 Å². The molecule has 0 bridgehead atoms. The lowest BCUT2D eigenvalue weighted by molar-refractivity contribution is -0.144.